The van der Waals surface area contributed by atoms with Gasteiger partial charge in [0.2, 0.25) is 0 Å². The third-order valence-electron chi connectivity index (χ3n) is 4.30. The fourth-order valence-corrected chi connectivity index (χ4v) is 3.18. The van der Waals surface area contributed by atoms with Crippen LogP contribution in [0.1, 0.15) is 56.3 Å². The van der Waals surface area contributed by atoms with Crippen LogP contribution < -0.4 is 5.73 Å². The first kappa shape index (κ1) is 13.6. The molecule has 0 spiro atoms. The van der Waals surface area contributed by atoms with Crippen molar-refractivity contribution in [3.05, 3.63) is 17.5 Å². The maximum absolute atomic E-state index is 6.44. The fourth-order valence-electron chi connectivity index (χ4n) is 3.18. The zero-order valence-electron chi connectivity index (χ0n) is 11.9. The van der Waals surface area contributed by atoms with Crippen molar-refractivity contribution in [3.8, 4) is 0 Å². The topological polar surface area (TPSA) is 43.8 Å². The molecule has 2 rings (SSSR count). The first-order valence-electron chi connectivity index (χ1n) is 7.42. The highest BCUT2D eigenvalue weighted by Gasteiger charge is 2.20. The van der Waals surface area contributed by atoms with Gasteiger partial charge in [-0.3, -0.25) is 4.68 Å². The van der Waals surface area contributed by atoms with E-state index in [-0.39, 0.29) is 0 Å². The minimum atomic E-state index is 0.304. The van der Waals surface area contributed by atoms with Crippen LogP contribution >= 0.6 is 0 Å². The van der Waals surface area contributed by atoms with Crippen LogP contribution in [0.2, 0.25) is 0 Å². The molecular weight excluding hydrogens is 222 g/mol. The molecule has 0 aliphatic heterocycles. The Hall–Kier alpha value is -0.830. The van der Waals surface area contributed by atoms with Crippen LogP contribution in [0.3, 0.4) is 0 Å². The van der Waals surface area contributed by atoms with Gasteiger partial charge < -0.3 is 5.73 Å². The van der Waals surface area contributed by atoms with E-state index in [0.29, 0.717) is 12.0 Å². The molecule has 0 saturated heterocycles. The maximum Gasteiger partial charge on any atom is 0.0596 e. The molecule has 1 atom stereocenters. The van der Waals surface area contributed by atoms with E-state index in [1.807, 2.05) is 18.7 Å². The van der Waals surface area contributed by atoms with Crippen LogP contribution in [0.5, 0.6) is 0 Å². The van der Waals surface area contributed by atoms with E-state index in [1.165, 1.54) is 50.6 Å². The van der Waals surface area contributed by atoms with Gasteiger partial charge in [0.15, 0.2) is 0 Å². The number of nitrogens with two attached hydrogens (primary N) is 1. The molecule has 2 N–H and O–H groups in total. The molecule has 1 unspecified atom stereocenters. The molecule has 3 nitrogen and oxygen atoms in total. The molecule has 1 aliphatic carbocycles. The molecule has 0 bridgehead atoms. The van der Waals surface area contributed by atoms with Gasteiger partial charge in [0, 0.05) is 25.2 Å². The zero-order valence-corrected chi connectivity index (χ0v) is 11.9. The van der Waals surface area contributed by atoms with Crippen molar-refractivity contribution in [2.24, 2.45) is 18.7 Å². The predicted molar refractivity (Wildman–Crippen MR) is 75.4 cm³/mol. The Morgan fingerprint density at radius 1 is 1.28 bits per heavy atom. The number of hydrogen-bond donors (Lipinski definition) is 1. The summed E-state index contributed by atoms with van der Waals surface area (Å²) < 4.78 is 1.98. The highest BCUT2D eigenvalue weighted by Crippen LogP contribution is 2.25. The summed E-state index contributed by atoms with van der Waals surface area (Å²) in [6.45, 7) is 2.05. The third-order valence-corrected chi connectivity index (χ3v) is 4.30. The summed E-state index contributed by atoms with van der Waals surface area (Å²) in [6, 6.07) is 2.47. The van der Waals surface area contributed by atoms with E-state index in [4.69, 9.17) is 5.73 Å². The van der Waals surface area contributed by atoms with Crippen LogP contribution in [0.4, 0.5) is 0 Å². The Morgan fingerprint density at radius 3 is 2.44 bits per heavy atom. The summed E-state index contributed by atoms with van der Waals surface area (Å²) >= 11 is 0. The molecule has 102 valence electrons. The lowest BCUT2D eigenvalue weighted by Gasteiger charge is -2.25. The lowest BCUT2D eigenvalue weighted by molar-refractivity contribution is 0.319. The second kappa shape index (κ2) is 6.37. The SMILES string of the molecule is Cc1cc(CC(N)C2CCCCCCC2)n(C)n1. The number of nitrogens with zero attached hydrogens (tertiary/aromatic N) is 2. The highest BCUT2D eigenvalue weighted by molar-refractivity contribution is 5.10. The van der Waals surface area contributed by atoms with E-state index in [9.17, 15) is 0 Å². The van der Waals surface area contributed by atoms with Gasteiger partial charge in [-0.1, -0.05) is 32.1 Å². The zero-order chi connectivity index (χ0) is 13.0. The minimum Gasteiger partial charge on any atom is -0.327 e. The number of rotatable bonds is 3. The minimum absolute atomic E-state index is 0.304. The second-order valence-electron chi connectivity index (χ2n) is 5.87. The van der Waals surface area contributed by atoms with Crippen LogP contribution in [-0.2, 0) is 13.5 Å². The smallest absolute Gasteiger partial charge is 0.0596 e. The summed E-state index contributed by atoms with van der Waals surface area (Å²) in [5.41, 5.74) is 8.81. The van der Waals surface area contributed by atoms with Gasteiger partial charge >= 0.3 is 0 Å². The van der Waals surface area contributed by atoms with Crippen LogP contribution in [0.15, 0.2) is 6.07 Å². The van der Waals surface area contributed by atoms with Gasteiger partial charge in [-0.25, -0.2) is 0 Å². The van der Waals surface area contributed by atoms with E-state index < -0.39 is 0 Å². The molecule has 1 saturated carbocycles. The second-order valence-corrected chi connectivity index (χ2v) is 5.87. The van der Waals surface area contributed by atoms with Gasteiger partial charge in [0.05, 0.1) is 5.69 Å². The standard InChI is InChI=1S/C15H27N3/c1-12-10-14(18(2)17-12)11-15(16)13-8-6-4-3-5-7-9-13/h10,13,15H,3-9,11,16H2,1-2H3. The van der Waals surface area contributed by atoms with Crippen molar-refractivity contribution < 1.29 is 0 Å². The lowest BCUT2D eigenvalue weighted by Crippen LogP contribution is -2.33. The van der Waals surface area contributed by atoms with Crippen molar-refractivity contribution in [1.82, 2.24) is 9.78 Å². The molecule has 1 fully saturated rings. The normalized spacial score (nSPS) is 20.4. The lowest BCUT2D eigenvalue weighted by atomic mass is 9.84. The van der Waals surface area contributed by atoms with Crippen molar-refractivity contribution >= 4 is 0 Å². The maximum atomic E-state index is 6.44. The van der Waals surface area contributed by atoms with Crippen LogP contribution in [0, 0.1) is 12.8 Å². The van der Waals surface area contributed by atoms with Crippen LogP contribution in [-0.4, -0.2) is 15.8 Å². The predicted octanol–water partition coefficient (Wildman–Crippen LogP) is 2.96. The summed E-state index contributed by atoms with van der Waals surface area (Å²) in [5.74, 6) is 0.709. The summed E-state index contributed by atoms with van der Waals surface area (Å²) in [7, 11) is 2.02. The van der Waals surface area contributed by atoms with Crippen molar-refractivity contribution in [2.75, 3.05) is 0 Å². The van der Waals surface area contributed by atoms with E-state index in [2.05, 4.69) is 11.2 Å². The Morgan fingerprint density at radius 2 is 1.89 bits per heavy atom. The summed E-state index contributed by atoms with van der Waals surface area (Å²) in [4.78, 5) is 0. The van der Waals surface area contributed by atoms with E-state index in [1.54, 1.807) is 0 Å². The molecule has 1 aliphatic rings. The van der Waals surface area contributed by atoms with Gasteiger partial charge in [0.25, 0.3) is 0 Å². The molecule has 0 aromatic carbocycles. The molecule has 18 heavy (non-hydrogen) atoms. The van der Waals surface area contributed by atoms with Gasteiger partial charge in [0.1, 0.15) is 0 Å². The Balaban J connectivity index is 1.93. The monoisotopic (exact) mass is 249 g/mol. The summed E-state index contributed by atoms with van der Waals surface area (Å²) in [5, 5.41) is 4.40. The molecule has 1 heterocycles. The number of hydrogen-bond acceptors (Lipinski definition) is 2. The molecule has 1 aromatic rings. The molecule has 1 aromatic heterocycles. The van der Waals surface area contributed by atoms with Gasteiger partial charge in [-0.05, 0) is 31.7 Å². The van der Waals surface area contributed by atoms with Crippen molar-refractivity contribution in [1.29, 1.82) is 0 Å². The Bertz CT molecular complexity index is 362. The van der Waals surface area contributed by atoms with Gasteiger partial charge in [-0.15, -0.1) is 0 Å². The molecular formula is C15H27N3. The van der Waals surface area contributed by atoms with Crippen molar-refractivity contribution in [2.45, 2.75) is 64.3 Å². The largest absolute Gasteiger partial charge is 0.327 e. The van der Waals surface area contributed by atoms with E-state index >= 15 is 0 Å². The number of aryl methyl sites for hydroxylation is 2. The quantitative estimate of drug-likeness (QED) is 0.895. The van der Waals surface area contributed by atoms with Gasteiger partial charge in [-0.2, -0.15) is 5.10 Å². The molecule has 0 amide bonds. The highest BCUT2D eigenvalue weighted by atomic mass is 15.3. The average molecular weight is 249 g/mol. The first-order chi connectivity index (χ1) is 8.66. The fraction of sp³-hybridized carbons (Fsp3) is 0.800. The number of aromatic nitrogens is 2. The third kappa shape index (κ3) is 3.58. The average Bonchev–Trinajstić information content (AvgIpc) is 2.56. The molecule has 3 heteroatoms. The first-order valence-corrected chi connectivity index (χ1v) is 7.42. The Labute approximate surface area is 111 Å². The summed E-state index contributed by atoms with van der Waals surface area (Å²) in [6.07, 6.45) is 10.6. The van der Waals surface area contributed by atoms with Crippen LogP contribution in [0.25, 0.3) is 0 Å². The molecule has 0 radical (unpaired) electrons. The van der Waals surface area contributed by atoms with E-state index in [0.717, 1.165) is 12.1 Å². The Kier molecular flexibility index (Phi) is 4.81. The van der Waals surface area contributed by atoms with Crippen molar-refractivity contribution in [3.63, 3.8) is 0 Å².